The van der Waals surface area contributed by atoms with E-state index in [0.717, 1.165) is 27.9 Å². The van der Waals surface area contributed by atoms with E-state index >= 15 is 0 Å². The zero-order valence-corrected chi connectivity index (χ0v) is 10.8. The quantitative estimate of drug-likeness (QED) is 0.682. The highest BCUT2D eigenvalue weighted by Crippen LogP contribution is 2.28. The molecule has 4 nitrogen and oxygen atoms in total. The first-order chi connectivity index (χ1) is 8.66. The molecule has 5 heteroatoms. The molecule has 0 spiro atoms. The van der Waals surface area contributed by atoms with Crippen molar-refractivity contribution in [2.24, 2.45) is 0 Å². The number of halogens is 1. The lowest BCUT2D eigenvalue weighted by molar-refractivity contribution is 1.18. The van der Waals surface area contributed by atoms with Crippen LogP contribution >= 0.6 is 11.6 Å². The van der Waals surface area contributed by atoms with Gasteiger partial charge in [0, 0.05) is 23.7 Å². The van der Waals surface area contributed by atoms with Crippen LogP contribution in [0.4, 0.5) is 0 Å². The van der Waals surface area contributed by atoms with Crippen LogP contribution in [0.3, 0.4) is 0 Å². The summed E-state index contributed by atoms with van der Waals surface area (Å²) >= 11 is 6.24. The average Bonchev–Trinajstić information content (AvgIpc) is 2.66. The molecule has 1 N–H and O–H groups in total. The second-order valence-electron chi connectivity index (χ2n) is 4.18. The maximum absolute atomic E-state index is 6.24. The van der Waals surface area contributed by atoms with Gasteiger partial charge in [-0.2, -0.15) is 0 Å². The molecular weight excluding hydrogens is 248 g/mol. The lowest BCUT2D eigenvalue weighted by Gasteiger charge is -2.01. The van der Waals surface area contributed by atoms with Gasteiger partial charge in [-0.05, 0) is 31.5 Å². The third-order valence-corrected chi connectivity index (χ3v) is 3.30. The van der Waals surface area contributed by atoms with E-state index < -0.39 is 0 Å². The first-order valence-electron chi connectivity index (χ1n) is 5.59. The van der Waals surface area contributed by atoms with Crippen molar-refractivity contribution in [3.8, 4) is 11.4 Å². The number of aryl methyl sites for hydroxylation is 2. The Balaban J connectivity index is 2.28. The van der Waals surface area contributed by atoms with Crippen LogP contribution < -0.4 is 0 Å². The highest BCUT2D eigenvalue weighted by molar-refractivity contribution is 6.34. The van der Waals surface area contributed by atoms with E-state index in [2.05, 4.69) is 19.9 Å². The van der Waals surface area contributed by atoms with Crippen LogP contribution in [0.25, 0.3) is 22.4 Å². The number of H-pyrrole nitrogens is 1. The fourth-order valence-corrected chi connectivity index (χ4v) is 2.25. The molecular formula is C13H11ClN4. The van der Waals surface area contributed by atoms with Crippen LogP contribution in [0, 0.1) is 13.8 Å². The molecule has 3 rings (SSSR count). The summed E-state index contributed by atoms with van der Waals surface area (Å²) in [4.78, 5) is 16.1. The summed E-state index contributed by atoms with van der Waals surface area (Å²) in [7, 11) is 0. The van der Waals surface area contributed by atoms with Crippen LogP contribution in [-0.2, 0) is 0 Å². The van der Waals surface area contributed by atoms with Crippen molar-refractivity contribution in [1.29, 1.82) is 0 Å². The molecule has 0 radical (unpaired) electrons. The number of hydrogen-bond acceptors (Lipinski definition) is 3. The summed E-state index contributed by atoms with van der Waals surface area (Å²) in [6, 6.07) is 3.76. The van der Waals surface area contributed by atoms with Gasteiger partial charge in [0.15, 0.2) is 5.82 Å². The van der Waals surface area contributed by atoms with Gasteiger partial charge in [-0.15, -0.1) is 0 Å². The van der Waals surface area contributed by atoms with Crippen molar-refractivity contribution in [2.75, 3.05) is 0 Å². The molecule has 0 unspecified atom stereocenters. The van der Waals surface area contributed by atoms with E-state index in [9.17, 15) is 0 Å². The standard InChI is InChI=1S/C13H11ClN4/c1-7-8(2)16-13-10(7)11(14)17-12(18-13)9-4-3-5-15-6-9/h3-6H,1-2H3,(H,16,17,18). The molecule has 0 aliphatic rings. The number of rotatable bonds is 1. The Labute approximate surface area is 109 Å². The monoisotopic (exact) mass is 258 g/mol. The number of nitrogens with zero attached hydrogens (tertiary/aromatic N) is 3. The molecule has 3 aromatic rings. The summed E-state index contributed by atoms with van der Waals surface area (Å²) in [5.41, 5.74) is 3.77. The molecule has 3 aromatic heterocycles. The van der Waals surface area contributed by atoms with Gasteiger partial charge < -0.3 is 4.98 Å². The number of aromatic amines is 1. The number of nitrogens with one attached hydrogen (secondary N) is 1. The average molecular weight is 259 g/mol. The molecule has 0 bridgehead atoms. The molecule has 0 fully saturated rings. The minimum atomic E-state index is 0.473. The van der Waals surface area contributed by atoms with Crippen LogP contribution in [0.15, 0.2) is 24.5 Å². The van der Waals surface area contributed by atoms with Crippen molar-refractivity contribution in [1.82, 2.24) is 19.9 Å². The van der Waals surface area contributed by atoms with E-state index in [1.807, 2.05) is 26.0 Å². The van der Waals surface area contributed by atoms with Gasteiger partial charge >= 0.3 is 0 Å². The predicted molar refractivity (Wildman–Crippen MR) is 71.6 cm³/mol. The van der Waals surface area contributed by atoms with Gasteiger partial charge in [-0.25, -0.2) is 9.97 Å². The Morgan fingerprint density at radius 3 is 2.78 bits per heavy atom. The van der Waals surface area contributed by atoms with Crippen molar-refractivity contribution in [3.63, 3.8) is 0 Å². The van der Waals surface area contributed by atoms with Gasteiger partial charge in [0.1, 0.15) is 10.8 Å². The van der Waals surface area contributed by atoms with Gasteiger partial charge in [0.25, 0.3) is 0 Å². The summed E-state index contributed by atoms with van der Waals surface area (Å²) in [6.07, 6.45) is 3.44. The van der Waals surface area contributed by atoms with E-state index in [1.54, 1.807) is 12.4 Å². The normalized spacial score (nSPS) is 11.1. The zero-order valence-electron chi connectivity index (χ0n) is 10.0. The van der Waals surface area contributed by atoms with Crippen LogP contribution in [0.1, 0.15) is 11.3 Å². The minimum absolute atomic E-state index is 0.473. The van der Waals surface area contributed by atoms with Crippen molar-refractivity contribution in [2.45, 2.75) is 13.8 Å². The molecule has 0 amide bonds. The fourth-order valence-electron chi connectivity index (χ4n) is 1.94. The fraction of sp³-hybridized carbons (Fsp3) is 0.154. The van der Waals surface area contributed by atoms with E-state index in [-0.39, 0.29) is 0 Å². The van der Waals surface area contributed by atoms with Gasteiger partial charge in [0.05, 0.1) is 5.39 Å². The third-order valence-electron chi connectivity index (χ3n) is 3.03. The Hall–Kier alpha value is -1.94. The second-order valence-corrected chi connectivity index (χ2v) is 4.54. The summed E-state index contributed by atoms with van der Waals surface area (Å²) in [5.74, 6) is 0.585. The molecule has 3 heterocycles. The number of fused-ring (bicyclic) bond motifs is 1. The molecule has 0 aromatic carbocycles. The summed E-state index contributed by atoms with van der Waals surface area (Å²) < 4.78 is 0. The van der Waals surface area contributed by atoms with Crippen molar-refractivity contribution >= 4 is 22.6 Å². The van der Waals surface area contributed by atoms with Crippen molar-refractivity contribution in [3.05, 3.63) is 40.9 Å². The number of pyridine rings is 1. The number of hydrogen-bond donors (Lipinski definition) is 1. The minimum Gasteiger partial charge on any atom is -0.343 e. The molecule has 90 valence electrons. The molecule has 0 aliphatic heterocycles. The van der Waals surface area contributed by atoms with Crippen molar-refractivity contribution < 1.29 is 0 Å². The summed E-state index contributed by atoms with van der Waals surface area (Å²) in [5, 5.41) is 1.36. The Kier molecular flexibility index (Phi) is 2.52. The predicted octanol–water partition coefficient (Wildman–Crippen LogP) is 3.29. The van der Waals surface area contributed by atoms with Gasteiger partial charge in [0.2, 0.25) is 0 Å². The smallest absolute Gasteiger partial charge is 0.164 e. The second kappa shape index (κ2) is 4.07. The lowest BCUT2D eigenvalue weighted by atomic mass is 10.2. The SMILES string of the molecule is Cc1[nH]c2nc(-c3cccnc3)nc(Cl)c2c1C. The Morgan fingerprint density at radius 2 is 2.06 bits per heavy atom. The third kappa shape index (κ3) is 1.66. The van der Waals surface area contributed by atoms with E-state index in [1.165, 1.54) is 0 Å². The maximum atomic E-state index is 6.24. The first-order valence-corrected chi connectivity index (χ1v) is 5.97. The Bertz CT molecular complexity index is 719. The van der Waals surface area contributed by atoms with E-state index in [0.29, 0.717) is 11.0 Å². The molecule has 0 aliphatic carbocycles. The van der Waals surface area contributed by atoms with Crippen LogP contribution in [0.2, 0.25) is 5.15 Å². The topological polar surface area (TPSA) is 54.5 Å². The van der Waals surface area contributed by atoms with Crippen LogP contribution in [-0.4, -0.2) is 19.9 Å². The summed E-state index contributed by atoms with van der Waals surface area (Å²) in [6.45, 7) is 4.00. The molecule has 0 saturated carbocycles. The first kappa shape index (κ1) is 11.2. The zero-order chi connectivity index (χ0) is 12.7. The highest BCUT2D eigenvalue weighted by Gasteiger charge is 2.13. The highest BCUT2D eigenvalue weighted by atomic mass is 35.5. The number of aromatic nitrogens is 4. The molecule has 18 heavy (non-hydrogen) atoms. The van der Waals surface area contributed by atoms with Crippen LogP contribution in [0.5, 0.6) is 0 Å². The Morgan fingerprint density at radius 1 is 1.22 bits per heavy atom. The molecule has 0 atom stereocenters. The molecule has 0 saturated heterocycles. The lowest BCUT2D eigenvalue weighted by Crippen LogP contribution is -1.91. The largest absolute Gasteiger partial charge is 0.343 e. The van der Waals surface area contributed by atoms with E-state index in [4.69, 9.17) is 11.6 Å². The van der Waals surface area contributed by atoms with Gasteiger partial charge in [-0.1, -0.05) is 11.6 Å². The maximum Gasteiger partial charge on any atom is 0.164 e. The van der Waals surface area contributed by atoms with Gasteiger partial charge in [-0.3, -0.25) is 4.98 Å².